The normalized spacial score (nSPS) is 10.0. The van der Waals surface area contributed by atoms with Gasteiger partial charge in [-0.05, 0) is 24.3 Å². The highest BCUT2D eigenvalue weighted by Crippen LogP contribution is 2.20. The van der Waals surface area contributed by atoms with Crippen LogP contribution >= 0.6 is 11.6 Å². The van der Waals surface area contributed by atoms with Crippen LogP contribution in [0.3, 0.4) is 0 Å². The molecule has 0 bridgehead atoms. The summed E-state index contributed by atoms with van der Waals surface area (Å²) in [5, 5.41) is 3.01. The number of likely N-dealkylation sites (N-methyl/N-ethyl adjacent to an activating group) is 1. The summed E-state index contributed by atoms with van der Waals surface area (Å²) in [6.45, 7) is -0.705. The molecule has 0 saturated heterocycles. The molecule has 142 valence electrons. The lowest BCUT2D eigenvalue weighted by molar-refractivity contribution is -0.136. The molecule has 27 heavy (non-hydrogen) atoms. The van der Waals surface area contributed by atoms with Crippen molar-refractivity contribution in [2.75, 3.05) is 32.6 Å². The Labute approximate surface area is 161 Å². The Bertz CT molecular complexity index is 840. The van der Waals surface area contributed by atoms with Gasteiger partial charge in [-0.25, -0.2) is 4.79 Å². The van der Waals surface area contributed by atoms with Gasteiger partial charge in [0.25, 0.3) is 5.91 Å². The number of para-hydroxylation sites is 2. The van der Waals surface area contributed by atoms with E-state index in [-0.39, 0.29) is 12.1 Å². The fourth-order valence-corrected chi connectivity index (χ4v) is 2.37. The molecule has 0 spiro atoms. The molecule has 2 amide bonds. The zero-order valence-electron chi connectivity index (χ0n) is 14.9. The summed E-state index contributed by atoms with van der Waals surface area (Å²) < 4.78 is 10.1. The quantitative estimate of drug-likeness (QED) is 0.734. The second-order valence-electron chi connectivity index (χ2n) is 5.55. The van der Waals surface area contributed by atoms with E-state index in [0.717, 1.165) is 4.90 Å². The van der Waals surface area contributed by atoms with Crippen LogP contribution in [0.15, 0.2) is 48.5 Å². The zero-order valence-corrected chi connectivity index (χ0v) is 15.7. The lowest BCUT2D eigenvalue weighted by Crippen LogP contribution is -2.37. The molecule has 7 nitrogen and oxygen atoms in total. The highest BCUT2D eigenvalue weighted by molar-refractivity contribution is 6.33. The van der Waals surface area contributed by atoms with Gasteiger partial charge < -0.3 is 19.7 Å². The van der Waals surface area contributed by atoms with E-state index in [0.29, 0.717) is 16.5 Å². The molecule has 2 rings (SSSR count). The number of nitrogens with zero attached hydrogens (tertiary/aromatic N) is 1. The lowest BCUT2D eigenvalue weighted by Gasteiger charge is -2.17. The van der Waals surface area contributed by atoms with E-state index in [1.165, 1.54) is 20.2 Å². The third kappa shape index (κ3) is 5.72. The first-order valence-electron chi connectivity index (χ1n) is 8.01. The molecule has 2 aromatic rings. The number of carbonyl (C=O) groups is 3. The highest BCUT2D eigenvalue weighted by Gasteiger charge is 2.18. The standard InChI is InChI=1S/C19H19ClN2O5/c1-22(11-17(23)21-15-9-5-4-8-14(15)20)18(24)12-27-19(25)13-7-3-6-10-16(13)26-2/h3-10H,11-12H2,1-2H3,(H,21,23). The van der Waals surface area contributed by atoms with Crippen LogP contribution in [0.1, 0.15) is 10.4 Å². The van der Waals surface area contributed by atoms with Crippen molar-refractivity contribution in [3.8, 4) is 5.75 Å². The number of hydrogen-bond acceptors (Lipinski definition) is 5. The molecule has 0 unspecified atom stereocenters. The fourth-order valence-electron chi connectivity index (χ4n) is 2.18. The summed E-state index contributed by atoms with van der Waals surface area (Å²) in [5.41, 5.74) is 0.666. The second kappa shape index (κ2) is 9.59. The summed E-state index contributed by atoms with van der Waals surface area (Å²) in [7, 11) is 2.87. The van der Waals surface area contributed by atoms with Gasteiger partial charge in [0.15, 0.2) is 6.61 Å². The van der Waals surface area contributed by atoms with E-state index in [1.807, 2.05) is 0 Å². The highest BCUT2D eigenvalue weighted by atomic mass is 35.5. The molecule has 1 N–H and O–H groups in total. The van der Waals surface area contributed by atoms with Gasteiger partial charge >= 0.3 is 5.97 Å². The Kier molecular flexibility index (Phi) is 7.19. The van der Waals surface area contributed by atoms with E-state index in [2.05, 4.69) is 5.32 Å². The topological polar surface area (TPSA) is 84.9 Å². The fraction of sp³-hybridized carbons (Fsp3) is 0.211. The van der Waals surface area contributed by atoms with Gasteiger partial charge in [-0.15, -0.1) is 0 Å². The minimum absolute atomic E-state index is 0.212. The first kappa shape index (κ1) is 20.3. The van der Waals surface area contributed by atoms with Crippen molar-refractivity contribution < 1.29 is 23.9 Å². The molecule has 0 radical (unpaired) electrons. The van der Waals surface area contributed by atoms with E-state index in [1.54, 1.807) is 42.5 Å². The molecule has 0 heterocycles. The number of anilines is 1. The second-order valence-corrected chi connectivity index (χ2v) is 5.96. The average molecular weight is 391 g/mol. The molecule has 0 aliphatic heterocycles. The number of benzene rings is 2. The lowest BCUT2D eigenvalue weighted by atomic mass is 10.2. The van der Waals surface area contributed by atoms with Crippen LogP contribution in [-0.4, -0.2) is 50.0 Å². The van der Waals surface area contributed by atoms with Crippen LogP contribution in [0.2, 0.25) is 5.02 Å². The summed E-state index contributed by atoms with van der Waals surface area (Å²) in [5.74, 6) is -1.28. The summed E-state index contributed by atoms with van der Waals surface area (Å²) >= 11 is 5.97. The van der Waals surface area contributed by atoms with Crippen molar-refractivity contribution in [1.29, 1.82) is 0 Å². The predicted molar refractivity (Wildman–Crippen MR) is 101 cm³/mol. The van der Waals surface area contributed by atoms with Crippen molar-refractivity contribution >= 4 is 35.1 Å². The third-order valence-corrected chi connectivity index (χ3v) is 3.94. The number of hydrogen-bond donors (Lipinski definition) is 1. The van der Waals surface area contributed by atoms with Crippen molar-refractivity contribution in [1.82, 2.24) is 4.90 Å². The van der Waals surface area contributed by atoms with Gasteiger partial charge in [-0.3, -0.25) is 9.59 Å². The Morgan fingerprint density at radius 2 is 1.74 bits per heavy atom. The number of halogens is 1. The van der Waals surface area contributed by atoms with Crippen LogP contribution < -0.4 is 10.1 Å². The Hall–Kier alpha value is -3.06. The summed E-state index contributed by atoms with van der Waals surface area (Å²) in [4.78, 5) is 37.4. The summed E-state index contributed by atoms with van der Waals surface area (Å²) in [6.07, 6.45) is 0. The molecular formula is C19H19ClN2O5. The van der Waals surface area contributed by atoms with Crippen molar-refractivity contribution in [3.05, 3.63) is 59.1 Å². The number of nitrogens with one attached hydrogen (secondary N) is 1. The number of rotatable bonds is 7. The van der Waals surface area contributed by atoms with Crippen LogP contribution in [0, 0.1) is 0 Å². The van der Waals surface area contributed by atoms with Gasteiger partial charge in [-0.1, -0.05) is 35.9 Å². The van der Waals surface area contributed by atoms with Crippen LogP contribution in [0.5, 0.6) is 5.75 Å². The minimum atomic E-state index is -0.685. The molecular weight excluding hydrogens is 372 g/mol. The molecule has 0 saturated carbocycles. The molecule has 0 fully saturated rings. The first-order chi connectivity index (χ1) is 12.9. The SMILES string of the molecule is COc1ccccc1C(=O)OCC(=O)N(C)CC(=O)Nc1ccccc1Cl. The Morgan fingerprint density at radius 1 is 1.07 bits per heavy atom. The summed E-state index contributed by atoms with van der Waals surface area (Å²) in [6, 6.07) is 13.3. The van der Waals surface area contributed by atoms with Gasteiger partial charge in [0.2, 0.25) is 5.91 Å². The van der Waals surface area contributed by atoms with Crippen LogP contribution in [0.25, 0.3) is 0 Å². The van der Waals surface area contributed by atoms with Gasteiger partial charge in [0, 0.05) is 7.05 Å². The molecule has 0 aromatic heterocycles. The smallest absolute Gasteiger partial charge is 0.342 e. The van der Waals surface area contributed by atoms with E-state index in [4.69, 9.17) is 21.1 Å². The average Bonchev–Trinajstić information content (AvgIpc) is 2.67. The van der Waals surface area contributed by atoms with Crippen LogP contribution in [-0.2, 0) is 14.3 Å². The van der Waals surface area contributed by atoms with Crippen molar-refractivity contribution in [2.45, 2.75) is 0 Å². The van der Waals surface area contributed by atoms with Crippen molar-refractivity contribution in [2.24, 2.45) is 0 Å². The van der Waals surface area contributed by atoms with E-state index in [9.17, 15) is 14.4 Å². The maximum absolute atomic E-state index is 12.1. The molecule has 0 aliphatic carbocycles. The number of carbonyl (C=O) groups excluding carboxylic acids is 3. The minimum Gasteiger partial charge on any atom is -0.496 e. The van der Waals surface area contributed by atoms with E-state index < -0.39 is 24.4 Å². The number of methoxy groups -OCH3 is 1. The van der Waals surface area contributed by atoms with E-state index >= 15 is 0 Å². The maximum Gasteiger partial charge on any atom is 0.342 e. The number of ether oxygens (including phenoxy) is 2. The van der Waals surface area contributed by atoms with Gasteiger partial charge in [0.1, 0.15) is 11.3 Å². The molecule has 0 atom stereocenters. The number of amides is 2. The van der Waals surface area contributed by atoms with Crippen molar-refractivity contribution in [3.63, 3.8) is 0 Å². The van der Waals surface area contributed by atoms with Gasteiger partial charge in [0.05, 0.1) is 24.4 Å². The zero-order chi connectivity index (χ0) is 19.8. The van der Waals surface area contributed by atoms with Gasteiger partial charge in [-0.2, -0.15) is 0 Å². The number of esters is 1. The molecule has 2 aromatic carbocycles. The Balaban J connectivity index is 1.85. The molecule has 0 aliphatic rings. The monoisotopic (exact) mass is 390 g/mol. The largest absolute Gasteiger partial charge is 0.496 e. The Morgan fingerprint density at radius 3 is 2.44 bits per heavy atom. The molecule has 8 heteroatoms. The third-order valence-electron chi connectivity index (χ3n) is 3.61. The predicted octanol–water partition coefficient (Wildman–Crippen LogP) is 2.60. The van der Waals surface area contributed by atoms with Crippen LogP contribution in [0.4, 0.5) is 5.69 Å². The maximum atomic E-state index is 12.1. The first-order valence-corrected chi connectivity index (χ1v) is 8.38.